The van der Waals surface area contributed by atoms with Crippen LogP contribution in [0.15, 0.2) is 4.99 Å². The molecule has 0 aromatic rings. The zero-order valence-electron chi connectivity index (χ0n) is 22.6. The second-order valence-electron chi connectivity index (χ2n) is 9.52. The molecule has 0 spiro atoms. The molecule has 1 fully saturated rings. The zero-order chi connectivity index (χ0) is 28.0. The lowest BCUT2D eigenvalue weighted by atomic mass is 9.99. The number of isothiocyanates is 1. The highest BCUT2D eigenvalue weighted by Crippen LogP contribution is 2.05. The number of hydrogen-bond acceptors (Lipinski definition) is 11. The summed E-state index contributed by atoms with van der Waals surface area (Å²) in [4.78, 5) is 3.93. The lowest BCUT2D eigenvalue weighted by Crippen LogP contribution is -2.68. The number of thiocyanates is 1. The zero-order valence-corrected chi connectivity index (χ0v) is 25.9. The number of aliphatic imine (C=N–C) groups is 1. The summed E-state index contributed by atoms with van der Waals surface area (Å²) in [5, 5.41) is 45.4. The maximum atomic E-state index is 8.63. The third-order valence-corrected chi connectivity index (χ3v) is 7.08. The fourth-order valence-electron chi connectivity index (χ4n) is 3.98. The second kappa shape index (κ2) is 21.6. The highest BCUT2D eigenvalue weighted by Gasteiger charge is 2.31. The molecule has 0 bridgehead atoms. The third-order valence-electron chi connectivity index (χ3n) is 5.84. The van der Waals surface area contributed by atoms with E-state index in [1.807, 2.05) is 7.05 Å². The number of nitrogens with zero attached hydrogens (tertiary/aromatic N) is 2. The van der Waals surface area contributed by atoms with Crippen LogP contribution in [0, 0.1) is 10.7 Å². The molecular formula is C23H45N11S4. The maximum absolute atomic E-state index is 8.63. The number of unbranched alkanes of at least 4 members (excludes halogenated alkanes) is 2. The van der Waals surface area contributed by atoms with Crippen LogP contribution in [0.25, 0.3) is 0 Å². The molecule has 38 heavy (non-hydrogen) atoms. The molecule has 1 aliphatic rings. The summed E-state index contributed by atoms with van der Waals surface area (Å²) in [5.41, 5.74) is -0.592. The van der Waals surface area contributed by atoms with Crippen molar-refractivity contribution in [2.75, 3.05) is 78.5 Å². The number of rotatable bonds is 14. The predicted octanol–water partition coefficient (Wildman–Crippen LogP) is -0.204. The van der Waals surface area contributed by atoms with Crippen LogP contribution >= 0.6 is 48.4 Å². The Balaban J connectivity index is 2.54. The molecule has 11 nitrogen and oxygen atoms in total. The van der Waals surface area contributed by atoms with Crippen molar-refractivity contribution in [2.45, 2.75) is 43.7 Å². The molecule has 0 aromatic carbocycles. The van der Waals surface area contributed by atoms with Gasteiger partial charge in [-0.15, -0.1) is 0 Å². The van der Waals surface area contributed by atoms with Gasteiger partial charge in [0.05, 0.1) is 16.2 Å². The standard InChI is InChI=1S/C23H45N11S4/c1-22(33-20(36)31-8-4-3-7-26-19-35)11-27-17-29-14-23(13-25-2,15-30-18-28-12-22)34-21(37)32-9-5-6-10-38-16-24/h25,27-30H,3-15,17-18H2,1-2H3,(H2,31,33,36)(H2,32,34,37). The van der Waals surface area contributed by atoms with Crippen LogP contribution in [0.2, 0.25) is 0 Å². The summed E-state index contributed by atoms with van der Waals surface area (Å²) in [6.07, 6.45) is 3.86. The Bertz CT molecular complexity index is 757. The fourth-order valence-corrected chi connectivity index (χ4v) is 5.18. The Morgan fingerprint density at radius 2 is 1.50 bits per heavy atom. The number of thioether (sulfide) groups is 1. The van der Waals surface area contributed by atoms with Gasteiger partial charge in [-0.1, -0.05) is 0 Å². The monoisotopic (exact) mass is 603 g/mol. The fraction of sp³-hybridized carbons (Fsp3) is 0.826. The molecule has 1 heterocycles. The van der Waals surface area contributed by atoms with E-state index in [2.05, 4.69) is 82.5 Å². The van der Waals surface area contributed by atoms with Gasteiger partial charge in [-0.3, -0.25) is 0 Å². The molecular weight excluding hydrogens is 559 g/mol. The van der Waals surface area contributed by atoms with E-state index in [1.54, 1.807) is 0 Å². The second-order valence-corrected chi connectivity index (χ2v) is 11.4. The first-order valence-corrected chi connectivity index (χ1v) is 15.2. The minimum atomic E-state index is -0.320. The van der Waals surface area contributed by atoms with Gasteiger partial charge in [0.15, 0.2) is 10.2 Å². The summed E-state index contributed by atoms with van der Waals surface area (Å²) < 4.78 is 0. The average molecular weight is 604 g/mol. The first-order valence-electron chi connectivity index (χ1n) is 13.0. The molecule has 9 N–H and O–H groups in total. The van der Waals surface area contributed by atoms with Gasteiger partial charge < -0.3 is 47.9 Å². The van der Waals surface area contributed by atoms with Crippen LogP contribution in [0.3, 0.4) is 0 Å². The highest BCUT2D eigenvalue weighted by atomic mass is 32.2. The van der Waals surface area contributed by atoms with Crippen LogP contribution in [0.1, 0.15) is 32.6 Å². The van der Waals surface area contributed by atoms with Crippen molar-refractivity contribution in [1.29, 1.82) is 5.26 Å². The van der Waals surface area contributed by atoms with Crippen LogP contribution in [-0.4, -0.2) is 105 Å². The van der Waals surface area contributed by atoms with Crippen molar-refractivity contribution < 1.29 is 0 Å². The Kier molecular flexibility index (Phi) is 19.8. The predicted molar refractivity (Wildman–Crippen MR) is 171 cm³/mol. The number of thiocarbonyl (C=S) groups is 3. The lowest BCUT2D eigenvalue weighted by Gasteiger charge is -2.38. The van der Waals surface area contributed by atoms with Crippen molar-refractivity contribution >= 4 is 63.8 Å². The average Bonchev–Trinajstić information content (AvgIpc) is 2.87. The van der Waals surface area contributed by atoms with E-state index in [0.29, 0.717) is 56.3 Å². The molecule has 0 atom stereocenters. The molecule has 1 rings (SSSR count). The van der Waals surface area contributed by atoms with E-state index in [-0.39, 0.29) is 11.1 Å². The Hall–Kier alpha value is -1.18. The summed E-state index contributed by atoms with van der Waals surface area (Å²) in [6, 6.07) is 0. The SMILES string of the molecule is CNCC1(NC(=S)NCCCCSC#N)CNCNCC(C)(NC(=S)NCCCCN=C=S)CNCNC1. The van der Waals surface area contributed by atoms with Crippen molar-refractivity contribution in [3.63, 3.8) is 0 Å². The van der Waals surface area contributed by atoms with Gasteiger partial charge in [-0.2, -0.15) is 5.26 Å². The highest BCUT2D eigenvalue weighted by molar-refractivity contribution is 8.03. The smallest absolute Gasteiger partial charge is 0.166 e. The van der Waals surface area contributed by atoms with E-state index >= 15 is 0 Å². The van der Waals surface area contributed by atoms with E-state index in [1.165, 1.54) is 11.8 Å². The molecule has 0 aromatic heterocycles. The van der Waals surface area contributed by atoms with Crippen molar-refractivity contribution in [2.24, 2.45) is 4.99 Å². The van der Waals surface area contributed by atoms with Gasteiger partial charge in [0.2, 0.25) is 0 Å². The molecule has 0 aliphatic carbocycles. The minimum Gasteiger partial charge on any atom is -0.363 e. The van der Waals surface area contributed by atoms with Crippen LogP contribution in [-0.2, 0) is 0 Å². The van der Waals surface area contributed by atoms with Gasteiger partial charge in [0.1, 0.15) is 5.40 Å². The van der Waals surface area contributed by atoms with E-state index in [0.717, 1.165) is 51.1 Å². The topological polar surface area (TPSA) is 144 Å². The largest absolute Gasteiger partial charge is 0.363 e. The molecule has 216 valence electrons. The number of nitrogens with one attached hydrogen (secondary N) is 9. The molecule has 0 saturated carbocycles. The first-order chi connectivity index (χ1) is 18.4. The Morgan fingerprint density at radius 3 is 2.08 bits per heavy atom. The van der Waals surface area contributed by atoms with Gasteiger partial charge >= 0.3 is 0 Å². The molecule has 1 saturated heterocycles. The summed E-state index contributed by atoms with van der Waals surface area (Å²) in [5.74, 6) is 0.845. The number of likely N-dealkylation sites (N-methyl/N-ethyl adjacent to an activating group) is 1. The number of hydrogen-bond donors (Lipinski definition) is 9. The molecule has 0 unspecified atom stereocenters. The van der Waals surface area contributed by atoms with Crippen LogP contribution in [0.5, 0.6) is 0 Å². The Morgan fingerprint density at radius 1 is 0.921 bits per heavy atom. The van der Waals surface area contributed by atoms with Crippen molar-refractivity contribution in [1.82, 2.24) is 47.9 Å². The third kappa shape index (κ3) is 16.7. The summed E-state index contributed by atoms with van der Waals surface area (Å²) >= 11 is 17.0. The van der Waals surface area contributed by atoms with E-state index in [4.69, 9.17) is 29.7 Å². The van der Waals surface area contributed by atoms with Gasteiger partial charge in [-0.05, 0) is 88.1 Å². The van der Waals surface area contributed by atoms with Gasteiger partial charge in [0.25, 0.3) is 0 Å². The van der Waals surface area contributed by atoms with Crippen molar-refractivity contribution in [3.05, 3.63) is 0 Å². The van der Waals surface area contributed by atoms with Crippen molar-refractivity contribution in [3.8, 4) is 5.40 Å². The van der Waals surface area contributed by atoms with Crippen LogP contribution in [0.4, 0.5) is 0 Å². The van der Waals surface area contributed by atoms with E-state index in [9.17, 15) is 0 Å². The molecule has 0 radical (unpaired) electrons. The summed E-state index contributed by atoms with van der Waals surface area (Å²) in [7, 11) is 1.95. The molecule has 1 aliphatic heterocycles. The van der Waals surface area contributed by atoms with Gasteiger partial charge in [-0.25, -0.2) is 4.99 Å². The Labute approximate surface area is 248 Å². The normalized spacial score (nSPS) is 22.4. The molecule has 0 amide bonds. The maximum Gasteiger partial charge on any atom is 0.166 e. The lowest BCUT2D eigenvalue weighted by molar-refractivity contribution is 0.292. The summed E-state index contributed by atoms with van der Waals surface area (Å²) in [6.45, 7) is 9.26. The number of nitriles is 1. The quantitative estimate of drug-likeness (QED) is 0.0559. The van der Waals surface area contributed by atoms with E-state index < -0.39 is 0 Å². The minimum absolute atomic E-state index is 0.272. The van der Waals surface area contributed by atoms with Crippen LogP contribution < -0.4 is 47.9 Å². The van der Waals surface area contributed by atoms with Gasteiger partial charge in [0, 0.05) is 71.4 Å². The molecule has 15 heteroatoms. The first kappa shape index (κ1) is 34.8.